The number of hydrogen-bond acceptors (Lipinski definition) is 3. The molecular formula is C24H35NO3. The normalized spacial score (nSPS) is 12.3. The second-order valence-electron chi connectivity index (χ2n) is 6.74. The first-order valence-electron chi connectivity index (χ1n) is 10.3. The summed E-state index contributed by atoms with van der Waals surface area (Å²) in [4.78, 5) is 12.2. The van der Waals surface area contributed by atoms with Gasteiger partial charge < -0.3 is 15.2 Å². The summed E-state index contributed by atoms with van der Waals surface area (Å²) in [5, 5.41) is 12.5. The van der Waals surface area contributed by atoms with E-state index in [9.17, 15) is 9.90 Å². The lowest BCUT2D eigenvalue weighted by atomic mass is 10.1. The third-order valence-electron chi connectivity index (χ3n) is 4.32. The van der Waals surface area contributed by atoms with E-state index in [4.69, 9.17) is 4.74 Å². The maximum absolute atomic E-state index is 12.2. The van der Waals surface area contributed by atoms with Crippen LogP contribution in [0.1, 0.15) is 57.7 Å². The van der Waals surface area contributed by atoms with E-state index in [1.165, 1.54) is 0 Å². The Morgan fingerprint density at radius 1 is 1.07 bits per heavy atom. The smallest absolute Gasteiger partial charge is 0.224 e. The number of amides is 1. The van der Waals surface area contributed by atoms with Crippen LogP contribution in [-0.4, -0.2) is 24.2 Å². The molecule has 2 aromatic carbocycles. The highest BCUT2D eigenvalue weighted by atomic mass is 16.5. The van der Waals surface area contributed by atoms with E-state index in [2.05, 4.69) is 19.2 Å². The summed E-state index contributed by atoms with van der Waals surface area (Å²) in [6, 6.07) is 16.7. The van der Waals surface area contributed by atoms with Crippen molar-refractivity contribution in [2.45, 2.75) is 53.0 Å². The minimum absolute atomic E-state index is 0.107. The van der Waals surface area contributed by atoms with Crippen LogP contribution in [0.25, 0.3) is 0 Å². The van der Waals surface area contributed by atoms with Gasteiger partial charge in [0.1, 0.15) is 5.75 Å². The zero-order chi connectivity index (χ0) is 20.8. The topological polar surface area (TPSA) is 58.6 Å². The predicted octanol–water partition coefficient (Wildman–Crippen LogP) is 4.92. The van der Waals surface area contributed by atoms with Crippen LogP contribution < -0.4 is 10.1 Å². The van der Waals surface area contributed by atoms with Crippen LogP contribution in [0.15, 0.2) is 54.6 Å². The second kappa shape index (κ2) is 13.8. The van der Waals surface area contributed by atoms with Crippen molar-refractivity contribution in [1.82, 2.24) is 5.32 Å². The molecule has 154 valence electrons. The Morgan fingerprint density at radius 2 is 1.71 bits per heavy atom. The number of benzene rings is 2. The van der Waals surface area contributed by atoms with Crippen LogP contribution in [0.2, 0.25) is 0 Å². The Morgan fingerprint density at radius 3 is 2.29 bits per heavy atom. The summed E-state index contributed by atoms with van der Waals surface area (Å²) in [5.41, 5.74) is 1.81. The Labute approximate surface area is 169 Å². The monoisotopic (exact) mass is 385 g/mol. The number of aliphatic hydroxyl groups excluding tert-OH is 1. The number of hydrogen-bond donors (Lipinski definition) is 2. The molecule has 0 aliphatic rings. The van der Waals surface area contributed by atoms with Gasteiger partial charge in [0, 0.05) is 0 Å². The molecule has 1 unspecified atom stereocenters. The fourth-order valence-corrected chi connectivity index (χ4v) is 2.87. The van der Waals surface area contributed by atoms with Gasteiger partial charge in [-0.2, -0.15) is 0 Å². The van der Waals surface area contributed by atoms with Crippen LogP contribution in [0.4, 0.5) is 0 Å². The van der Waals surface area contributed by atoms with Crippen molar-refractivity contribution < 1.29 is 14.6 Å². The van der Waals surface area contributed by atoms with Crippen LogP contribution >= 0.6 is 0 Å². The third kappa shape index (κ3) is 8.57. The standard InChI is InChI=1S/C22H29NO3.C2H6/c1-3-7-17(2)16-26-20-12-10-19(11-13-20)21(15-24)23-22(25)14-18-8-5-4-6-9-18;1-2/h4-6,8-13,17,21,24H,3,7,14-16H2,1-2H3,(H,23,25);1-2H3/t17?,21-;/m0./s1. The summed E-state index contributed by atoms with van der Waals surface area (Å²) in [5.74, 6) is 1.23. The van der Waals surface area contributed by atoms with Crippen molar-refractivity contribution in [3.8, 4) is 5.75 Å². The third-order valence-corrected chi connectivity index (χ3v) is 4.32. The molecule has 0 radical (unpaired) electrons. The highest BCUT2D eigenvalue weighted by Gasteiger charge is 2.14. The van der Waals surface area contributed by atoms with Gasteiger partial charge >= 0.3 is 0 Å². The molecule has 4 nitrogen and oxygen atoms in total. The van der Waals surface area contributed by atoms with Crippen molar-refractivity contribution in [2.24, 2.45) is 5.92 Å². The maximum Gasteiger partial charge on any atom is 0.224 e. The molecule has 2 rings (SSSR count). The molecule has 0 aliphatic heterocycles. The first-order valence-corrected chi connectivity index (χ1v) is 10.3. The van der Waals surface area contributed by atoms with E-state index >= 15 is 0 Å². The number of carbonyl (C=O) groups excluding carboxylic acids is 1. The van der Waals surface area contributed by atoms with Gasteiger partial charge in [-0.15, -0.1) is 0 Å². The van der Waals surface area contributed by atoms with Crippen LogP contribution in [0.5, 0.6) is 5.75 Å². The average Bonchev–Trinajstić information content (AvgIpc) is 2.73. The average molecular weight is 386 g/mol. The van der Waals surface area contributed by atoms with Crippen molar-refractivity contribution in [3.05, 3.63) is 65.7 Å². The first kappa shape index (κ1) is 23.7. The quantitative estimate of drug-likeness (QED) is 0.610. The zero-order valence-corrected chi connectivity index (χ0v) is 17.7. The number of nitrogens with one attached hydrogen (secondary N) is 1. The lowest BCUT2D eigenvalue weighted by Crippen LogP contribution is -2.31. The van der Waals surface area contributed by atoms with Crippen LogP contribution in [-0.2, 0) is 11.2 Å². The molecular weight excluding hydrogens is 350 g/mol. The van der Waals surface area contributed by atoms with E-state index in [-0.39, 0.29) is 12.5 Å². The molecule has 0 bridgehead atoms. The molecule has 0 fully saturated rings. The maximum atomic E-state index is 12.2. The Balaban J connectivity index is 0.00000190. The van der Waals surface area contributed by atoms with E-state index < -0.39 is 6.04 Å². The summed E-state index contributed by atoms with van der Waals surface area (Å²) in [6.45, 7) is 8.91. The largest absolute Gasteiger partial charge is 0.493 e. The molecule has 4 heteroatoms. The fourth-order valence-electron chi connectivity index (χ4n) is 2.87. The molecule has 0 heterocycles. The summed E-state index contributed by atoms with van der Waals surface area (Å²) >= 11 is 0. The van der Waals surface area contributed by atoms with Crippen molar-refractivity contribution >= 4 is 5.91 Å². The highest BCUT2D eigenvalue weighted by molar-refractivity contribution is 5.79. The minimum Gasteiger partial charge on any atom is -0.493 e. The number of aliphatic hydroxyl groups is 1. The Kier molecular flexibility index (Phi) is 11.7. The van der Waals surface area contributed by atoms with Gasteiger partial charge in [-0.1, -0.05) is 76.6 Å². The van der Waals surface area contributed by atoms with Gasteiger partial charge in [-0.25, -0.2) is 0 Å². The molecule has 0 saturated heterocycles. The molecule has 1 amide bonds. The Hall–Kier alpha value is -2.33. The van der Waals surface area contributed by atoms with Crippen LogP contribution in [0.3, 0.4) is 0 Å². The fraction of sp³-hybridized carbons (Fsp3) is 0.458. The number of ether oxygens (including phenoxy) is 1. The number of rotatable bonds is 10. The van der Waals surface area contributed by atoms with Gasteiger partial charge in [0.2, 0.25) is 5.91 Å². The van der Waals surface area contributed by atoms with Crippen molar-refractivity contribution in [3.63, 3.8) is 0 Å². The SMILES string of the molecule is CC.CCCC(C)COc1ccc([C@H](CO)NC(=O)Cc2ccccc2)cc1. The van der Waals surface area contributed by atoms with Crippen LogP contribution in [0, 0.1) is 5.92 Å². The highest BCUT2D eigenvalue weighted by Crippen LogP contribution is 2.19. The molecule has 0 spiro atoms. The van der Waals surface area contributed by atoms with E-state index in [1.54, 1.807) is 0 Å². The molecule has 2 N–H and O–H groups in total. The second-order valence-corrected chi connectivity index (χ2v) is 6.74. The molecule has 2 aromatic rings. The van der Waals surface area contributed by atoms with Gasteiger partial charge in [-0.05, 0) is 35.6 Å². The predicted molar refractivity (Wildman–Crippen MR) is 115 cm³/mol. The number of carbonyl (C=O) groups is 1. The van der Waals surface area contributed by atoms with Gasteiger partial charge in [0.15, 0.2) is 0 Å². The minimum atomic E-state index is -0.417. The van der Waals surface area contributed by atoms with Gasteiger partial charge in [0.25, 0.3) is 0 Å². The van der Waals surface area contributed by atoms with Crippen molar-refractivity contribution in [1.29, 1.82) is 0 Å². The van der Waals surface area contributed by atoms with E-state index in [1.807, 2.05) is 68.4 Å². The zero-order valence-electron chi connectivity index (χ0n) is 17.7. The van der Waals surface area contributed by atoms with E-state index in [0.29, 0.717) is 18.9 Å². The lowest BCUT2D eigenvalue weighted by Gasteiger charge is -2.18. The van der Waals surface area contributed by atoms with E-state index in [0.717, 1.165) is 29.7 Å². The first-order chi connectivity index (χ1) is 13.6. The molecule has 0 aliphatic carbocycles. The van der Waals surface area contributed by atoms with Gasteiger partial charge in [0.05, 0.1) is 25.7 Å². The van der Waals surface area contributed by atoms with Crippen molar-refractivity contribution in [2.75, 3.05) is 13.2 Å². The molecule has 2 atom stereocenters. The molecule has 0 aromatic heterocycles. The summed E-state index contributed by atoms with van der Waals surface area (Å²) in [6.07, 6.45) is 2.61. The molecule has 0 saturated carbocycles. The molecule has 28 heavy (non-hydrogen) atoms. The summed E-state index contributed by atoms with van der Waals surface area (Å²) in [7, 11) is 0. The van der Waals surface area contributed by atoms with Gasteiger partial charge in [-0.3, -0.25) is 4.79 Å². The Bertz CT molecular complexity index is 655. The summed E-state index contributed by atoms with van der Waals surface area (Å²) < 4.78 is 5.80. The lowest BCUT2D eigenvalue weighted by molar-refractivity contribution is -0.121.